The molecule has 1 aromatic carbocycles. The number of hydrogen-bond donors (Lipinski definition) is 2. The maximum Gasteiger partial charge on any atom is 0.273 e. The van der Waals surface area contributed by atoms with E-state index in [2.05, 4.69) is 20.5 Å². The second kappa shape index (κ2) is 7.20. The molecule has 0 aliphatic heterocycles. The lowest BCUT2D eigenvalue weighted by molar-refractivity contribution is 0.102. The molecule has 0 atom stereocenters. The van der Waals surface area contributed by atoms with Crippen LogP contribution in [0.5, 0.6) is 5.75 Å². The highest BCUT2D eigenvalue weighted by Gasteiger charge is 2.24. The fraction of sp³-hybridized carbons (Fsp3) is 0.105. The number of para-hydroxylation sites is 1. The van der Waals surface area contributed by atoms with Crippen molar-refractivity contribution in [3.8, 4) is 11.4 Å². The smallest absolute Gasteiger partial charge is 0.273 e. The van der Waals surface area contributed by atoms with Crippen molar-refractivity contribution in [2.75, 3.05) is 5.32 Å². The molecule has 0 unspecified atom stereocenters. The fourth-order valence-electron chi connectivity index (χ4n) is 2.83. The molecule has 28 heavy (non-hydrogen) atoms. The number of pyridine rings is 2. The summed E-state index contributed by atoms with van der Waals surface area (Å²) in [5, 5.41) is 22.3. The molecule has 1 amide bonds. The predicted octanol–water partition coefficient (Wildman–Crippen LogP) is 2.76. The normalized spacial score (nSPS) is 10.9. The van der Waals surface area contributed by atoms with E-state index in [1.165, 1.54) is 22.1 Å². The number of aryl methyl sites for hydroxylation is 1. The highest BCUT2D eigenvalue weighted by molar-refractivity contribution is 7.15. The van der Waals surface area contributed by atoms with Crippen LogP contribution in [0.3, 0.4) is 0 Å². The molecule has 9 heteroatoms. The Kier molecular flexibility index (Phi) is 4.58. The molecule has 0 fully saturated rings. The summed E-state index contributed by atoms with van der Waals surface area (Å²) in [5.74, 6) is -1.17. The first-order valence-electron chi connectivity index (χ1n) is 8.52. The summed E-state index contributed by atoms with van der Waals surface area (Å²) in [7, 11) is 0. The van der Waals surface area contributed by atoms with E-state index >= 15 is 0 Å². The van der Waals surface area contributed by atoms with Crippen molar-refractivity contribution in [3.05, 3.63) is 69.6 Å². The Morgan fingerprint density at radius 1 is 1.18 bits per heavy atom. The molecule has 2 N–H and O–H groups in total. The molecule has 0 aliphatic rings. The minimum atomic E-state index is -0.753. The SMILES string of the molecule is CCc1nnc(NC(=O)c2c(O)c3cccnc3n(-c3ccccc3)c2=O)s1. The molecule has 0 radical (unpaired) electrons. The highest BCUT2D eigenvalue weighted by Crippen LogP contribution is 2.27. The lowest BCUT2D eigenvalue weighted by atomic mass is 10.1. The van der Waals surface area contributed by atoms with Gasteiger partial charge in [0.15, 0.2) is 5.65 Å². The third kappa shape index (κ3) is 3.01. The summed E-state index contributed by atoms with van der Waals surface area (Å²) in [6.07, 6.45) is 2.20. The number of nitrogens with one attached hydrogen (secondary N) is 1. The minimum Gasteiger partial charge on any atom is -0.506 e. The van der Waals surface area contributed by atoms with Crippen LogP contribution in [-0.2, 0) is 6.42 Å². The number of hydrogen-bond acceptors (Lipinski definition) is 7. The van der Waals surface area contributed by atoms with Gasteiger partial charge in [0.05, 0.1) is 11.1 Å². The first-order valence-corrected chi connectivity index (χ1v) is 9.33. The lowest BCUT2D eigenvalue weighted by Gasteiger charge is -2.13. The molecule has 0 bridgehead atoms. The van der Waals surface area contributed by atoms with E-state index < -0.39 is 17.2 Å². The van der Waals surface area contributed by atoms with Gasteiger partial charge in [-0.2, -0.15) is 0 Å². The van der Waals surface area contributed by atoms with Crippen molar-refractivity contribution in [2.45, 2.75) is 13.3 Å². The Morgan fingerprint density at radius 2 is 1.96 bits per heavy atom. The zero-order valence-corrected chi connectivity index (χ0v) is 15.6. The highest BCUT2D eigenvalue weighted by atomic mass is 32.1. The molecular weight excluding hydrogens is 378 g/mol. The number of nitrogens with zero attached hydrogens (tertiary/aromatic N) is 4. The van der Waals surface area contributed by atoms with Crippen LogP contribution >= 0.6 is 11.3 Å². The molecule has 0 aliphatic carbocycles. The molecular formula is C19H15N5O3S. The van der Waals surface area contributed by atoms with E-state index in [4.69, 9.17) is 0 Å². The van der Waals surface area contributed by atoms with Crippen LogP contribution in [0.25, 0.3) is 16.7 Å². The number of carbonyl (C=O) groups excluding carboxylic acids is 1. The van der Waals surface area contributed by atoms with E-state index in [1.807, 2.05) is 13.0 Å². The van der Waals surface area contributed by atoms with Crippen molar-refractivity contribution in [1.82, 2.24) is 19.7 Å². The van der Waals surface area contributed by atoms with E-state index in [9.17, 15) is 14.7 Å². The van der Waals surface area contributed by atoms with Crippen LogP contribution in [0.2, 0.25) is 0 Å². The van der Waals surface area contributed by atoms with Crippen LogP contribution in [0.1, 0.15) is 22.3 Å². The van der Waals surface area contributed by atoms with Gasteiger partial charge in [0.1, 0.15) is 16.3 Å². The van der Waals surface area contributed by atoms with Gasteiger partial charge in [0.25, 0.3) is 11.5 Å². The maximum absolute atomic E-state index is 13.2. The van der Waals surface area contributed by atoms with E-state index in [0.29, 0.717) is 17.5 Å². The van der Waals surface area contributed by atoms with E-state index in [1.54, 1.807) is 36.4 Å². The first kappa shape index (κ1) is 17.8. The van der Waals surface area contributed by atoms with Crippen LogP contribution in [0.4, 0.5) is 5.13 Å². The van der Waals surface area contributed by atoms with Crippen LogP contribution < -0.4 is 10.9 Å². The number of aromatic nitrogens is 4. The first-order chi connectivity index (χ1) is 13.6. The van der Waals surface area contributed by atoms with Crippen molar-refractivity contribution in [2.24, 2.45) is 0 Å². The Labute approximate surface area is 163 Å². The van der Waals surface area contributed by atoms with Crippen molar-refractivity contribution < 1.29 is 9.90 Å². The number of anilines is 1. The third-order valence-electron chi connectivity index (χ3n) is 4.14. The summed E-state index contributed by atoms with van der Waals surface area (Å²) in [6.45, 7) is 1.92. The molecule has 0 saturated heterocycles. The van der Waals surface area contributed by atoms with Gasteiger partial charge in [-0.1, -0.05) is 36.5 Å². The Hall–Kier alpha value is -3.59. The van der Waals surface area contributed by atoms with Crippen LogP contribution in [-0.4, -0.2) is 30.8 Å². The molecule has 3 aromatic heterocycles. The quantitative estimate of drug-likeness (QED) is 0.552. The zero-order chi connectivity index (χ0) is 19.7. The zero-order valence-electron chi connectivity index (χ0n) is 14.8. The second-order valence-corrected chi connectivity index (χ2v) is 6.94. The largest absolute Gasteiger partial charge is 0.506 e. The van der Waals surface area contributed by atoms with Gasteiger partial charge >= 0.3 is 0 Å². The standard InChI is InChI=1S/C19H15N5O3S/c1-2-13-22-23-19(28-13)21-17(26)14-15(25)12-9-6-10-20-16(12)24(18(14)27)11-7-4-3-5-8-11/h3-10,25H,2H2,1H3,(H,21,23,26). The number of benzene rings is 1. The van der Waals surface area contributed by atoms with Gasteiger partial charge < -0.3 is 5.11 Å². The molecule has 4 rings (SSSR count). The second-order valence-electron chi connectivity index (χ2n) is 5.88. The van der Waals surface area contributed by atoms with Gasteiger partial charge in [-0.05, 0) is 30.7 Å². The van der Waals surface area contributed by atoms with E-state index in [0.717, 1.165) is 5.01 Å². The van der Waals surface area contributed by atoms with Gasteiger partial charge in [0.2, 0.25) is 5.13 Å². The number of rotatable bonds is 4. The van der Waals surface area contributed by atoms with Gasteiger partial charge in [-0.25, -0.2) is 4.98 Å². The molecule has 0 saturated carbocycles. The topological polar surface area (TPSA) is 110 Å². The van der Waals surface area contributed by atoms with Gasteiger partial charge in [0, 0.05) is 6.20 Å². The Bertz CT molecular complexity index is 1230. The van der Waals surface area contributed by atoms with E-state index in [-0.39, 0.29) is 16.3 Å². The third-order valence-corrected chi connectivity index (χ3v) is 5.12. The van der Waals surface area contributed by atoms with Crippen molar-refractivity contribution >= 4 is 33.4 Å². The minimum absolute atomic E-state index is 0.261. The Morgan fingerprint density at radius 3 is 2.68 bits per heavy atom. The molecule has 3 heterocycles. The van der Waals surface area contributed by atoms with Crippen molar-refractivity contribution in [3.63, 3.8) is 0 Å². The molecule has 8 nitrogen and oxygen atoms in total. The molecule has 140 valence electrons. The fourth-order valence-corrected chi connectivity index (χ4v) is 3.51. The summed E-state index contributed by atoms with van der Waals surface area (Å²) >= 11 is 1.21. The summed E-state index contributed by atoms with van der Waals surface area (Å²) in [5.41, 5.74) is -0.253. The summed E-state index contributed by atoms with van der Waals surface area (Å²) in [4.78, 5) is 30.2. The monoisotopic (exact) mass is 393 g/mol. The van der Waals surface area contributed by atoms with Crippen LogP contribution in [0.15, 0.2) is 53.5 Å². The Balaban J connectivity index is 1.91. The lowest BCUT2D eigenvalue weighted by Crippen LogP contribution is -2.29. The van der Waals surface area contributed by atoms with Gasteiger partial charge in [-0.15, -0.1) is 10.2 Å². The van der Waals surface area contributed by atoms with Gasteiger partial charge in [-0.3, -0.25) is 19.5 Å². The summed E-state index contributed by atoms with van der Waals surface area (Å²) < 4.78 is 1.31. The number of carbonyl (C=O) groups is 1. The average molecular weight is 393 g/mol. The van der Waals surface area contributed by atoms with Crippen molar-refractivity contribution in [1.29, 1.82) is 0 Å². The number of amides is 1. The number of fused-ring (bicyclic) bond motifs is 1. The molecule has 4 aromatic rings. The maximum atomic E-state index is 13.2. The number of aromatic hydroxyl groups is 1. The predicted molar refractivity (Wildman–Crippen MR) is 106 cm³/mol. The van der Waals surface area contributed by atoms with Crippen LogP contribution in [0, 0.1) is 0 Å². The molecule has 0 spiro atoms. The average Bonchev–Trinajstić information content (AvgIpc) is 3.16. The summed E-state index contributed by atoms with van der Waals surface area (Å²) in [6, 6.07) is 12.1.